The van der Waals surface area contributed by atoms with Gasteiger partial charge in [-0.05, 0) is 12.1 Å². The molecule has 0 aliphatic carbocycles. The number of phenols is 1. The third-order valence-corrected chi connectivity index (χ3v) is 6.33. The minimum atomic E-state index is -4.84. The summed E-state index contributed by atoms with van der Waals surface area (Å²) < 4.78 is 54.0. The van der Waals surface area contributed by atoms with Crippen molar-refractivity contribution in [3.8, 4) is 5.75 Å². The Morgan fingerprint density at radius 3 is 2.29 bits per heavy atom. The Morgan fingerprint density at radius 2 is 1.76 bits per heavy atom. The molecule has 0 amide bonds. The van der Waals surface area contributed by atoms with E-state index in [9.17, 15) is 22.7 Å². The van der Waals surface area contributed by atoms with E-state index >= 15 is 0 Å². The van der Waals surface area contributed by atoms with Gasteiger partial charge < -0.3 is 14.9 Å². The summed E-state index contributed by atoms with van der Waals surface area (Å²) in [6, 6.07) is 5.16. The van der Waals surface area contributed by atoms with Crippen LogP contribution in [0.4, 0.5) is 0 Å². The number of benzene rings is 1. The summed E-state index contributed by atoms with van der Waals surface area (Å²) in [5.41, 5.74) is 0. The van der Waals surface area contributed by atoms with E-state index in [1.165, 1.54) is 18.2 Å². The highest BCUT2D eigenvalue weighted by molar-refractivity contribution is 7.91. The number of phosphoric acid groups is 1. The fraction of sp³-hybridized carbons (Fsp3) is 0.333. The van der Waals surface area contributed by atoms with Crippen molar-refractivity contribution in [2.24, 2.45) is 0 Å². The molecule has 2 atom stereocenters. The minimum Gasteiger partial charge on any atom is -0.507 e. The second-order valence-corrected chi connectivity index (χ2v) is 9.51. The molecule has 1 aromatic rings. The quantitative estimate of drug-likeness (QED) is 0.608. The lowest BCUT2D eigenvalue weighted by molar-refractivity contribution is 0.206. The Bertz CT molecular complexity index is 693. The second-order valence-electron chi connectivity index (χ2n) is 3.97. The van der Waals surface area contributed by atoms with Gasteiger partial charge in [0.2, 0.25) is 0 Å². The van der Waals surface area contributed by atoms with Crippen molar-refractivity contribution in [1.82, 2.24) is 0 Å². The minimum absolute atomic E-state index is 0.356. The van der Waals surface area contributed by atoms with Crippen LogP contribution in [0.25, 0.3) is 0 Å². The molecule has 0 aliphatic rings. The summed E-state index contributed by atoms with van der Waals surface area (Å²) in [4.78, 5) is 17.5. The average Bonchev–Trinajstić information content (AvgIpc) is 2.25. The number of sulfone groups is 1. The summed E-state index contributed by atoms with van der Waals surface area (Å²) >= 11 is 0. The van der Waals surface area contributed by atoms with Gasteiger partial charge in [-0.3, -0.25) is 9.09 Å². The van der Waals surface area contributed by atoms with Gasteiger partial charge in [-0.2, -0.15) is 0 Å². The van der Waals surface area contributed by atoms with Gasteiger partial charge >= 0.3 is 15.4 Å². The molecular formula is C9H14O9P2S. The summed E-state index contributed by atoms with van der Waals surface area (Å²) in [5, 5.41) is 9.44. The number of rotatable bonds is 7. The van der Waals surface area contributed by atoms with E-state index in [4.69, 9.17) is 9.79 Å². The van der Waals surface area contributed by atoms with Crippen LogP contribution in [-0.4, -0.2) is 42.3 Å². The molecule has 9 nitrogen and oxygen atoms in total. The molecule has 0 spiro atoms. The Morgan fingerprint density at radius 1 is 1.19 bits per heavy atom. The van der Waals surface area contributed by atoms with E-state index in [1.807, 2.05) is 0 Å². The number of hydrogen-bond donors (Lipinski definition) is 3. The molecule has 0 saturated carbocycles. The summed E-state index contributed by atoms with van der Waals surface area (Å²) in [6.07, 6.45) is 0. The fourth-order valence-electron chi connectivity index (χ4n) is 1.31. The van der Waals surface area contributed by atoms with Gasteiger partial charge in [0.1, 0.15) is 10.6 Å². The Balaban J connectivity index is 2.70. The molecule has 0 aliphatic heterocycles. The highest BCUT2D eigenvalue weighted by atomic mass is 32.2. The highest BCUT2D eigenvalue weighted by Gasteiger charge is 2.30. The topological polar surface area (TPSA) is 147 Å². The molecule has 12 heteroatoms. The lowest BCUT2D eigenvalue weighted by Crippen LogP contribution is -2.12. The average molecular weight is 360 g/mol. The number of phosphoric ester groups is 1. The van der Waals surface area contributed by atoms with Crippen LogP contribution in [0.1, 0.15) is 0 Å². The molecule has 0 bridgehead atoms. The van der Waals surface area contributed by atoms with Crippen molar-refractivity contribution in [3.05, 3.63) is 24.3 Å². The van der Waals surface area contributed by atoms with Crippen LogP contribution in [0.15, 0.2) is 29.2 Å². The van der Waals surface area contributed by atoms with Crippen LogP contribution < -0.4 is 0 Å². The Labute approximate surface area is 121 Å². The molecule has 0 radical (unpaired) electrons. The van der Waals surface area contributed by atoms with Gasteiger partial charge in [-0.25, -0.2) is 17.3 Å². The molecule has 1 rings (SSSR count). The first kappa shape index (κ1) is 18.3. The zero-order valence-electron chi connectivity index (χ0n) is 10.8. The molecule has 120 valence electrons. The molecule has 0 heterocycles. The second kappa shape index (κ2) is 6.58. The van der Waals surface area contributed by atoms with Crippen LogP contribution >= 0.6 is 15.4 Å². The first-order valence-corrected chi connectivity index (χ1v) is 10.6. The van der Waals surface area contributed by atoms with Crippen molar-refractivity contribution in [2.45, 2.75) is 4.90 Å². The lowest BCUT2D eigenvalue weighted by Gasteiger charge is -2.13. The van der Waals surface area contributed by atoms with Crippen molar-refractivity contribution in [1.29, 1.82) is 0 Å². The summed E-state index contributed by atoms with van der Waals surface area (Å²) in [5.74, 6) is -1.19. The van der Waals surface area contributed by atoms with Crippen molar-refractivity contribution >= 4 is 25.3 Å². The zero-order chi connectivity index (χ0) is 16.3. The molecule has 0 aromatic heterocycles. The summed E-state index contributed by atoms with van der Waals surface area (Å²) in [6.45, 7) is -0.0809. The number of phenolic OH excluding ortho intramolecular Hbond substituents is 1. The van der Waals surface area contributed by atoms with E-state index in [0.717, 1.165) is 6.07 Å². The molecular weight excluding hydrogens is 346 g/mol. The Kier molecular flexibility index (Phi) is 5.74. The molecule has 2 unspecified atom stereocenters. The van der Waals surface area contributed by atoms with Crippen LogP contribution in [0.5, 0.6) is 5.75 Å². The maximum absolute atomic E-state index is 11.9. The van der Waals surface area contributed by atoms with Gasteiger partial charge in [-0.15, -0.1) is 0 Å². The molecule has 0 fully saturated rings. The first-order chi connectivity index (χ1) is 9.43. The number of hydrogen-bond acceptors (Lipinski definition) is 7. The standard InChI is InChI=1S/C9H14O9P2S/c1-19(11,12)18-20(13,14)17-6-7-21(15,16)9-5-3-2-4-8(9)10/h2-5,10H,6-7H2,1H3,(H,11,12)(H,13,14). The zero-order valence-corrected chi connectivity index (χ0v) is 13.4. The number of aromatic hydroxyl groups is 1. The van der Waals surface area contributed by atoms with Gasteiger partial charge in [-0.1, -0.05) is 12.1 Å². The van der Waals surface area contributed by atoms with E-state index in [1.54, 1.807) is 0 Å². The Hall–Kier alpha value is -0.730. The monoisotopic (exact) mass is 360 g/mol. The van der Waals surface area contributed by atoms with E-state index in [-0.39, 0.29) is 4.90 Å². The van der Waals surface area contributed by atoms with Gasteiger partial charge in [0.05, 0.1) is 12.4 Å². The van der Waals surface area contributed by atoms with Crippen molar-refractivity contribution < 1.29 is 41.3 Å². The van der Waals surface area contributed by atoms with Crippen LogP contribution in [0, 0.1) is 0 Å². The molecule has 21 heavy (non-hydrogen) atoms. The lowest BCUT2D eigenvalue weighted by atomic mass is 10.3. The third kappa shape index (κ3) is 6.27. The molecule has 0 saturated heterocycles. The van der Waals surface area contributed by atoms with E-state index < -0.39 is 43.4 Å². The van der Waals surface area contributed by atoms with Crippen molar-refractivity contribution in [3.63, 3.8) is 0 Å². The predicted molar refractivity (Wildman–Crippen MR) is 72.8 cm³/mol. The molecule has 1 aromatic carbocycles. The fourth-order valence-corrected chi connectivity index (χ4v) is 4.67. The predicted octanol–water partition coefficient (Wildman–Crippen LogP) is 1.11. The third-order valence-electron chi connectivity index (χ3n) is 2.06. The van der Waals surface area contributed by atoms with Crippen LogP contribution in [0.3, 0.4) is 0 Å². The highest BCUT2D eigenvalue weighted by Crippen LogP contribution is 2.57. The van der Waals surface area contributed by atoms with E-state index in [0.29, 0.717) is 6.66 Å². The van der Waals surface area contributed by atoms with Crippen LogP contribution in [-0.2, 0) is 27.8 Å². The normalized spacial score (nSPS) is 17.9. The first-order valence-electron chi connectivity index (χ1n) is 5.43. The van der Waals surface area contributed by atoms with Gasteiger partial charge in [0, 0.05) is 6.66 Å². The van der Waals surface area contributed by atoms with Gasteiger partial charge in [0.25, 0.3) is 0 Å². The van der Waals surface area contributed by atoms with Crippen molar-refractivity contribution in [2.75, 3.05) is 19.0 Å². The SMILES string of the molecule is CP(=O)(O)OP(=O)(O)OCCS(=O)(=O)c1ccccc1O. The van der Waals surface area contributed by atoms with E-state index in [2.05, 4.69) is 8.83 Å². The smallest absolute Gasteiger partial charge is 0.479 e. The summed E-state index contributed by atoms with van der Waals surface area (Å²) in [7, 11) is -13.1. The largest absolute Gasteiger partial charge is 0.507 e. The van der Waals surface area contributed by atoms with Crippen LogP contribution in [0.2, 0.25) is 0 Å². The maximum atomic E-state index is 11.9. The molecule has 3 N–H and O–H groups in total. The van der Waals surface area contributed by atoms with Gasteiger partial charge in [0.15, 0.2) is 9.84 Å². The maximum Gasteiger partial charge on any atom is 0.479 e. The number of para-hydroxylation sites is 1.